The fourth-order valence-electron chi connectivity index (χ4n) is 1.86. The van der Waals surface area contributed by atoms with Gasteiger partial charge in [-0.2, -0.15) is 0 Å². The van der Waals surface area contributed by atoms with E-state index in [0.717, 1.165) is 5.69 Å². The Morgan fingerprint density at radius 2 is 2.26 bits per heavy atom. The van der Waals surface area contributed by atoms with Crippen molar-refractivity contribution in [1.29, 1.82) is 0 Å². The Hall–Kier alpha value is -1.92. The van der Waals surface area contributed by atoms with Gasteiger partial charge in [0.05, 0.1) is 27.7 Å². The van der Waals surface area contributed by atoms with E-state index in [1.165, 1.54) is 12.1 Å². The second-order valence-electron chi connectivity index (χ2n) is 3.92. The molecule has 0 aliphatic heterocycles. The van der Waals surface area contributed by atoms with Crippen LogP contribution in [0.2, 0.25) is 5.02 Å². The van der Waals surface area contributed by atoms with E-state index in [1.807, 2.05) is 6.92 Å². The van der Waals surface area contributed by atoms with E-state index < -0.39 is 5.97 Å². The summed E-state index contributed by atoms with van der Waals surface area (Å²) in [6, 6.07) is 4.70. The molecule has 2 rings (SSSR count). The maximum absolute atomic E-state index is 11.1. The van der Waals surface area contributed by atoms with Gasteiger partial charge in [0.15, 0.2) is 0 Å². The molecular formula is C12H13ClN4O2. The van der Waals surface area contributed by atoms with Gasteiger partial charge < -0.3 is 10.8 Å². The highest BCUT2D eigenvalue weighted by molar-refractivity contribution is 6.33. The van der Waals surface area contributed by atoms with Crippen LogP contribution >= 0.6 is 11.6 Å². The van der Waals surface area contributed by atoms with Crippen molar-refractivity contribution >= 4 is 17.6 Å². The van der Waals surface area contributed by atoms with E-state index in [0.29, 0.717) is 24.3 Å². The molecule has 0 spiro atoms. The van der Waals surface area contributed by atoms with Gasteiger partial charge in [0.2, 0.25) is 0 Å². The number of rotatable bonds is 4. The van der Waals surface area contributed by atoms with Crippen molar-refractivity contribution in [1.82, 2.24) is 15.0 Å². The van der Waals surface area contributed by atoms with Gasteiger partial charge in [-0.15, -0.1) is 5.10 Å². The van der Waals surface area contributed by atoms with Crippen molar-refractivity contribution in [3.63, 3.8) is 0 Å². The van der Waals surface area contributed by atoms with Crippen LogP contribution in [0.15, 0.2) is 18.2 Å². The number of nitrogens with zero attached hydrogens (tertiary/aromatic N) is 3. The van der Waals surface area contributed by atoms with Gasteiger partial charge in [-0.3, -0.25) is 0 Å². The number of benzene rings is 1. The Labute approximate surface area is 114 Å². The molecule has 6 nitrogen and oxygen atoms in total. The second-order valence-corrected chi connectivity index (χ2v) is 4.33. The number of hydrogen-bond acceptors (Lipinski definition) is 4. The number of carboxylic acids is 1. The fraction of sp³-hybridized carbons (Fsp3) is 0.250. The average molecular weight is 281 g/mol. The summed E-state index contributed by atoms with van der Waals surface area (Å²) >= 11 is 5.84. The number of nitrogens with two attached hydrogens (primary N) is 1. The van der Waals surface area contributed by atoms with Crippen LogP contribution in [-0.2, 0) is 13.0 Å². The van der Waals surface area contributed by atoms with Crippen LogP contribution in [-0.4, -0.2) is 26.1 Å². The highest BCUT2D eigenvalue weighted by Gasteiger charge is 2.15. The van der Waals surface area contributed by atoms with Crippen molar-refractivity contribution in [2.24, 2.45) is 5.73 Å². The lowest BCUT2D eigenvalue weighted by molar-refractivity contribution is 0.0697. The lowest BCUT2D eigenvalue weighted by Gasteiger charge is -2.07. The third-order valence-corrected chi connectivity index (χ3v) is 3.13. The predicted molar refractivity (Wildman–Crippen MR) is 70.6 cm³/mol. The Kier molecular flexibility index (Phi) is 3.82. The van der Waals surface area contributed by atoms with Gasteiger partial charge >= 0.3 is 5.97 Å². The van der Waals surface area contributed by atoms with Gasteiger partial charge in [0.1, 0.15) is 0 Å². The Morgan fingerprint density at radius 1 is 1.53 bits per heavy atom. The molecule has 1 aromatic heterocycles. The van der Waals surface area contributed by atoms with Crippen molar-refractivity contribution in [2.75, 3.05) is 0 Å². The number of carbonyl (C=O) groups is 1. The van der Waals surface area contributed by atoms with Gasteiger partial charge in [-0.1, -0.05) is 23.7 Å². The maximum atomic E-state index is 11.1. The predicted octanol–water partition coefficient (Wildman–Crippen LogP) is 1.64. The zero-order chi connectivity index (χ0) is 14.0. The lowest BCUT2D eigenvalue weighted by Crippen LogP contribution is -2.06. The highest BCUT2D eigenvalue weighted by Crippen LogP contribution is 2.21. The Bertz CT molecular complexity index is 624. The van der Waals surface area contributed by atoms with Crippen molar-refractivity contribution in [3.05, 3.63) is 40.2 Å². The SMILES string of the molecule is CCc1c(CN)nnn1-c1ccc(Cl)c(C(=O)O)c1. The molecule has 19 heavy (non-hydrogen) atoms. The van der Waals surface area contributed by atoms with Crippen LogP contribution in [0.5, 0.6) is 0 Å². The lowest BCUT2D eigenvalue weighted by atomic mass is 10.2. The molecule has 0 atom stereocenters. The zero-order valence-corrected chi connectivity index (χ0v) is 11.1. The van der Waals surface area contributed by atoms with Crippen LogP contribution in [0.4, 0.5) is 0 Å². The maximum Gasteiger partial charge on any atom is 0.337 e. The van der Waals surface area contributed by atoms with E-state index in [2.05, 4.69) is 10.3 Å². The van der Waals surface area contributed by atoms with Crippen molar-refractivity contribution in [2.45, 2.75) is 19.9 Å². The normalized spacial score (nSPS) is 10.7. The number of aromatic nitrogens is 3. The van der Waals surface area contributed by atoms with Gasteiger partial charge in [0.25, 0.3) is 0 Å². The number of aromatic carboxylic acids is 1. The summed E-state index contributed by atoms with van der Waals surface area (Å²) in [7, 11) is 0. The van der Waals surface area contributed by atoms with E-state index in [1.54, 1.807) is 10.7 Å². The largest absolute Gasteiger partial charge is 0.478 e. The highest BCUT2D eigenvalue weighted by atomic mass is 35.5. The molecule has 0 amide bonds. The molecule has 0 radical (unpaired) electrons. The number of hydrogen-bond donors (Lipinski definition) is 2. The first-order chi connectivity index (χ1) is 9.08. The molecule has 7 heteroatoms. The molecule has 0 saturated carbocycles. The summed E-state index contributed by atoms with van der Waals surface area (Å²) in [6.45, 7) is 2.25. The molecule has 1 aromatic carbocycles. The first-order valence-corrected chi connectivity index (χ1v) is 6.13. The molecular weight excluding hydrogens is 268 g/mol. The van der Waals surface area contributed by atoms with Crippen LogP contribution in [0.1, 0.15) is 28.7 Å². The molecule has 0 bridgehead atoms. The topological polar surface area (TPSA) is 94.0 Å². The molecule has 0 saturated heterocycles. The Morgan fingerprint density at radius 3 is 2.84 bits per heavy atom. The standard InChI is InChI=1S/C12H13ClN4O2/c1-2-11-10(6-14)15-16-17(11)7-3-4-9(13)8(5-7)12(18)19/h3-5H,2,6,14H2,1H3,(H,18,19). The molecule has 100 valence electrons. The minimum Gasteiger partial charge on any atom is -0.478 e. The summed E-state index contributed by atoms with van der Waals surface area (Å²) in [5.41, 5.74) is 7.79. The van der Waals surface area contributed by atoms with Gasteiger partial charge in [-0.25, -0.2) is 9.48 Å². The van der Waals surface area contributed by atoms with Gasteiger partial charge in [-0.05, 0) is 24.6 Å². The minimum atomic E-state index is -1.08. The molecule has 0 aliphatic carbocycles. The van der Waals surface area contributed by atoms with Crippen LogP contribution in [0.3, 0.4) is 0 Å². The molecule has 2 aromatic rings. The quantitative estimate of drug-likeness (QED) is 0.888. The summed E-state index contributed by atoms with van der Waals surface area (Å²) in [4.78, 5) is 11.1. The average Bonchev–Trinajstić information content (AvgIpc) is 2.81. The van der Waals surface area contributed by atoms with E-state index in [9.17, 15) is 4.79 Å². The summed E-state index contributed by atoms with van der Waals surface area (Å²) in [5.74, 6) is -1.08. The molecule has 3 N–H and O–H groups in total. The van der Waals surface area contributed by atoms with Crippen LogP contribution in [0.25, 0.3) is 5.69 Å². The van der Waals surface area contributed by atoms with Crippen LogP contribution in [0, 0.1) is 0 Å². The first kappa shape index (κ1) is 13.5. The molecule has 0 fully saturated rings. The van der Waals surface area contributed by atoms with Crippen molar-refractivity contribution < 1.29 is 9.90 Å². The monoisotopic (exact) mass is 280 g/mol. The summed E-state index contributed by atoms with van der Waals surface area (Å²) in [5, 5.41) is 17.2. The number of carboxylic acid groups (broad SMARTS) is 1. The minimum absolute atomic E-state index is 0.0334. The van der Waals surface area contributed by atoms with Gasteiger partial charge in [0, 0.05) is 6.54 Å². The van der Waals surface area contributed by atoms with Crippen molar-refractivity contribution in [3.8, 4) is 5.69 Å². The third kappa shape index (κ3) is 2.45. The molecule has 0 unspecified atom stereocenters. The Balaban J connectivity index is 2.56. The third-order valence-electron chi connectivity index (χ3n) is 2.80. The summed E-state index contributed by atoms with van der Waals surface area (Å²) in [6.07, 6.45) is 0.699. The number of halogens is 1. The molecule has 1 heterocycles. The van der Waals surface area contributed by atoms with E-state index in [-0.39, 0.29) is 10.6 Å². The van der Waals surface area contributed by atoms with E-state index >= 15 is 0 Å². The zero-order valence-electron chi connectivity index (χ0n) is 10.3. The summed E-state index contributed by atoms with van der Waals surface area (Å²) < 4.78 is 1.59. The fourth-order valence-corrected chi connectivity index (χ4v) is 2.06. The molecule has 0 aliphatic rings. The van der Waals surface area contributed by atoms with E-state index in [4.69, 9.17) is 22.4 Å². The van der Waals surface area contributed by atoms with Crippen LogP contribution < -0.4 is 5.73 Å². The smallest absolute Gasteiger partial charge is 0.337 e. The second kappa shape index (κ2) is 5.38. The first-order valence-electron chi connectivity index (χ1n) is 5.75.